The summed E-state index contributed by atoms with van der Waals surface area (Å²) < 4.78 is 5.63. The number of esters is 1. The van der Waals surface area contributed by atoms with Crippen LogP contribution in [0.1, 0.15) is 105 Å². The summed E-state index contributed by atoms with van der Waals surface area (Å²) in [5, 5.41) is 0. The molecule has 3 fully saturated rings. The van der Waals surface area contributed by atoms with E-state index in [-0.39, 0.29) is 18.0 Å². The molecule has 3 heteroatoms. The van der Waals surface area contributed by atoms with Gasteiger partial charge in [0.05, 0.1) is 0 Å². The van der Waals surface area contributed by atoms with E-state index in [1.807, 2.05) is 0 Å². The molecule has 0 spiro atoms. The van der Waals surface area contributed by atoms with Gasteiger partial charge >= 0.3 is 5.97 Å². The molecular weight excluding hydrogens is 416 g/mol. The molecule has 182 valence electrons. The van der Waals surface area contributed by atoms with Crippen molar-refractivity contribution < 1.29 is 9.53 Å². The third-order valence-electron chi connectivity index (χ3n) is 10.7. The first kappa shape index (κ1) is 24.6. The van der Waals surface area contributed by atoms with Crippen molar-refractivity contribution in [3.8, 4) is 0 Å². The first-order valence-corrected chi connectivity index (χ1v) is 14.2. The van der Waals surface area contributed by atoms with Gasteiger partial charge in [-0.25, -0.2) is 0 Å². The Morgan fingerprint density at radius 1 is 1.09 bits per heavy atom. The molecule has 8 atom stereocenters. The fourth-order valence-electron chi connectivity index (χ4n) is 8.97. The first-order chi connectivity index (χ1) is 15.2. The lowest BCUT2D eigenvalue weighted by Crippen LogP contribution is -2.51. The Labute approximate surface area is 202 Å². The Morgan fingerprint density at radius 2 is 1.88 bits per heavy atom. The van der Waals surface area contributed by atoms with Crippen LogP contribution in [-0.4, -0.2) is 18.0 Å². The summed E-state index contributed by atoms with van der Waals surface area (Å²) in [7, 11) is 0. The number of carbonyl (C=O) groups excluding carboxylic acids is 1. The van der Waals surface area contributed by atoms with E-state index in [1.54, 1.807) is 5.57 Å². The van der Waals surface area contributed by atoms with E-state index in [0.717, 1.165) is 48.3 Å². The van der Waals surface area contributed by atoms with E-state index in [1.165, 1.54) is 57.8 Å². The third kappa shape index (κ3) is 4.44. The zero-order valence-corrected chi connectivity index (χ0v) is 22.1. The fraction of sp³-hybridized carbons (Fsp3) is 0.897. The molecule has 0 aromatic heterocycles. The Balaban J connectivity index is 1.45. The summed E-state index contributed by atoms with van der Waals surface area (Å²) in [6.45, 7) is 12.5. The van der Waals surface area contributed by atoms with Crippen LogP contribution in [0.2, 0.25) is 0 Å². The molecule has 0 aliphatic heterocycles. The van der Waals surface area contributed by atoms with Gasteiger partial charge in [0.15, 0.2) is 0 Å². The molecule has 0 aromatic rings. The highest BCUT2D eigenvalue weighted by atomic mass is 35.5. The summed E-state index contributed by atoms with van der Waals surface area (Å²) in [5.74, 6) is 4.92. The maximum absolute atomic E-state index is 11.7. The maximum Gasteiger partial charge on any atom is 0.321 e. The molecule has 0 radical (unpaired) electrons. The minimum absolute atomic E-state index is 0.0329. The summed E-state index contributed by atoms with van der Waals surface area (Å²) in [6.07, 6.45) is 16.9. The van der Waals surface area contributed by atoms with Crippen molar-refractivity contribution >= 4 is 17.6 Å². The van der Waals surface area contributed by atoms with Crippen molar-refractivity contribution in [1.29, 1.82) is 0 Å². The Kier molecular flexibility index (Phi) is 7.41. The monoisotopic (exact) mass is 462 g/mol. The number of hydrogen-bond donors (Lipinski definition) is 0. The molecule has 0 aromatic carbocycles. The van der Waals surface area contributed by atoms with Crippen LogP contribution in [0.5, 0.6) is 0 Å². The number of ether oxygens (including phenoxy) is 1. The standard InChI is InChI=1S/C29H47ClO2/c1-19(2)7-6-8-20(3)24-11-12-25-23-10-9-21-17-22(32-27(31)18-30)13-15-28(21,4)26(23)14-16-29(24,25)5/h9,19-20,22-26H,6-8,10-18H2,1-5H3/t20-,22+,23-,24-,25+,26-,28+,29-/m1/s1. The van der Waals surface area contributed by atoms with Crippen LogP contribution in [0, 0.1) is 46.3 Å². The van der Waals surface area contributed by atoms with Crippen molar-refractivity contribution in [3.63, 3.8) is 0 Å². The molecule has 4 aliphatic carbocycles. The predicted octanol–water partition coefficient (Wildman–Crippen LogP) is 8.18. The van der Waals surface area contributed by atoms with Gasteiger partial charge in [-0.05, 0) is 91.3 Å². The van der Waals surface area contributed by atoms with Crippen LogP contribution >= 0.6 is 11.6 Å². The molecule has 0 bridgehead atoms. The second-order valence-corrected chi connectivity index (χ2v) is 13.0. The van der Waals surface area contributed by atoms with Crippen molar-refractivity contribution in [2.45, 2.75) is 111 Å². The number of rotatable bonds is 7. The van der Waals surface area contributed by atoms with Crippen LogP contribution in [-0.2, 0) is 9.53 Å². The molecule has 32 heavy (non-hydrogen) atoms. The van der Waals surface area contributed by atoms with Gasteiger partial charge in [0.1, 0.15) is 12.0 Å². The zero-order valence-electron chi connectivity index (χ0n) is 21.3. The topological polar surface area (TPSA) is 26.3 Å². The van der Waals surface area contributed by atoms with E-state index in [2.05, 4.69) is 40.7 Å². The number of alkyl halides is 1. The average Bonchev–Trinajstić information content (AvgIpc) is 3.11. The van der Waals surface area contributed by atoms with E-state index in [0.29, 0.717) is 10.8 Å². The molecular formula is C29H47ClO2. The average molecular weight is 463 g/mol. The molecule has 0 heterocycles. The highest BCUT2D eigenvalue weighted by molar-refractivity contribution is 6.26. The number of fused-ring (bicyclic) bond motifs is 5. The SMILES string of the molecule is CC(C)CCC[C@@H](C)[C@H]1CC[C@H]2[C@H]3CC=C4C[C@@H](OC(=O)CCl)CC[C@]4(C)[C@@H]3CC[C@]12C. The highest BCUT2D eigenvalue weighted by Gasteiger charge is 2.59. The number of hydrogen-bond acceptors (Lipinski definition) is 2. The van der Waals surface area contributed by atoms with Crippen LogP contribution < -0.4 is 0 Å². The number of carbonyl (C=O) groups is 1. The van der Waals surface area contributed by atoms with Crippen LogP contribution in [0.15, 0.2) is 11.6 Å². The van der Waals surface area contributed by atoms with E-state index >= 15 is 0 Å². The molecule has 0 amide bonds. The Hall–Kier alpha value is -0.500. The second-order valence-electron chi connectivity index (χ2n) is 12.8. The molecule has 2 nitrogen and oxygen atoms in total. The molecule has 3 saturated carbocycles. The van der Waals surface area contributed by atoms with Crippen molar-refractivity contribution in [2.24, 2.45) is 46.3 Å². The van der Waals surface area contributed by atoms with Crippen LogP contribution in [0.3, 0.4) is 0 Å². The summed E-state index contributed by atoms with van der Waals surface area (Å²) in [4.78, 5) is 11.7. The molecule has 0 saturated heterocycles. The molecule has 0 N–H and O–H groups in total. The van der Waals surface area contributed by atoms with Gasteiger partial charge in [0.2, 0.25) is 0 Å². The van der Waals surface area contributed by atoms with E-state index in [4.69, 9.17) is 16.3 Å². The predicted molar refractivity (Wildman–Crippen MR) is 134 cm³/mol. The van der Waals surface area contributed by atoms with Gasteiger partial charge in [-0.1, -0.05) is 65.5 Å². The lowest BCUT2D eigenvalue weighted by Gasteiger charge is -2.58. The minimum Gasteiger partial charge on any atom is -0.461 e. The lowest BCUT2D eigenvalue weighted by atomic mass is 9.47. The van der Waals surface area contributed by atoms with Crippen LogP contribution in [0.25, 0.3) is 0 Å². The minimum atomic E-state index is -0.262. The second kappa shape index (κ2) is 9.63. The Morgan fingerprint density at radius 3 is 2.59 bits per heavy atom. The summed E-state index contributed by atoms with van der Waals surface area (Å²) >= 11 is 5.68. The quantitative estimate of drug-likeness (QED) is 0.216. The van der Waals surface area contributed by atoms with Gasteiger partial charge in [-0.3, -0.25) is 4.79 Å². The fourth-order valence-corrected chi connectivity index (χ4v) is 9.03. The van der Waals surface area contributed by atoms with Gasteiger partial charge < -0.3 is 4.74 Å². The van der Waals surface area contributed by atoms with Gasteiger partial charge in [-0.15, -0.1) is 11.6 Å². The van der Waals surface area contributed by atoms with Crippen molar-refractivity contribution in [2.75, 3.05) is 5.88 Å². The van der Waals surface area contributed by atoms with Crippen molar-refractivity contribution in [1.82, 2.24) is 0 Å². The Bertz CT molecular complexity index is 714. The van der Waals surface area contributed by atoms with Gasteiger partial charge in [-0.2, -0.15) is 0 Å². The van der Waals surface area contributed by atoms with Crippen LogP contribution in [0.4, 0.5) is 0 Å². The van der Waals surface area contributed by atoms with Gasteiger partial charge in [0.25, 0.3) is 0 Å². The number of allylic oxidation sites excluding steroid dienone is 1. The largest absolute Gasteiger partial charge is 0.461 e. The third-order valence-corrected chi connectivity index (χ3v) is 10.9. The maximum atomic E-state index is 11.7. The normalized spacial score (nSPS) is 42.0. The number of halogens is 1. The van der Waals surface area contributed by atoms with E-state index in [9.17, 15) is 4.79 Å². The van der Waals surface area contributed by atoms with E-state index < -0.39 is 0 Å². The first-order valence-electron chi connectivity index (χ1n) is 13.6. The zero-order chi connectivity index (χ0) is 23.1. The summed E-state index contributed by atoms with van der Waals surface area (Å²) in [6, 6.07) is 0. The summed E-state index contributed by atoms with van der Waals surface area (Å²) in [5.41, 5.74) is 2.44. The van der Waals surface area contributed by atoms with Gasteiger partial charge in [0, 0.05) is 6.42 Å². The molecule has 0 unspecified atom stereocenters. The smallest absolute Gasteiger partial charge is 0.321 e. The lowest BCUT2D eigenvalue weighted by molar-refractivity contribution is -0.148. The highest BCUT2D eigenvalue weighted by Crippen LogP contribution is 2.67. The molecule has 4 rings (SSSR count). The molecule has 4 aliphatic rings. The van der Waals surface area contributed by atoms with Crippen molar-refractivity contribution in [3.05, 3.63) is 11.6 Å².